The molecule has 1 amide bonds. The topological polar surface area (TPSA) is 67.4 Å². The van der Waals surface area contributed by atoms with Gasteiger partial charge in [0.15, 0.2) is 5.78 Å². The summed E-state index contributed by atoms with van der Waals surface area (Å²) in [6, 6.07) is 7.05. The van der Waals surface area contributed by atoms with Crippen molar-refractivity contribution in [3.05, 3.63) is 29.8 Å². The Morgan fingerprint density at radius 3 is 2.62 bits per heavy atom. The van der Waals surface area contributed by atoms with Crippen molar-refractivity contribution < 1.29 is 14.3 Å². The fraction of sp³-hybridized carbons (Fsp3) is 0.500. The summed E-state index contributed by atoms with van der Waals surface area (Å²) in [7, 11) is 0. The van der Waals surface area contributed by atoms with E-state index >= 15 is 0 Å². The summed E-state index contributed by atoms with van der Waals surface area (Å²) in [6.45, 7) is 6.95. The first kappa shape index (κ1) is 15.5. The fourth-order valence-electron chi connectivity index (χ4n) is 2.32. The number of ether oxygens (including phenoxy) is 1. The molecule has 21 heavy (non-hydrogen) atoms. The molecule has 0 aliphatic carbocycles. The highest BCUT2D eigenvalue weighted by atomic mass is 16.6. The second kappa shape index (κ2) is 6.26. The molecule has 2 N–H and O–H groups in total. The first-order chi connectivity index (χ1) is 9.87. The fourth-order valence-corrected chi connectivity index (χ4v) is 2.32. The van der Waals surface area contributed by atoms with Crippen LogP contribution >= 0.6 is 0 Å². The number of carbonyl (C=O) groups is 2. The largest absolute Gasteiger partial charge is 0.444 e. The summed E-state index contributed by atoms with van der Waals surface area (Å²) >= 11 is 0. The van der Waals surface area contributed by atoms with Crippen molar-refractivity contribution in [1.29, 1.82) is 0 Å². The predicted molar refractivity (Wildman–Crippen MR) is 81.6 cm³/mol. The number of nitrogens with one attached hydrogen (secondary N) is 2. The molecule has 1 aliphatic rings. The van der Waals surface area contributed by atoms with Crippen molar-refractivity contribution in [3.8, 4) is 0 Å². The molecular formula is C16H22N2O3. The van der Waals surface area contributed by atoms with Gasteiger partial charge in [0.25, 0.3) is 0 Å². The lowest BCUT2D eigenvalue weighted by molar-refractivity contribution is 0.0636. The highest BCUT2D eigenvalue weighted by molar-refractivity contribution is 6.05. The van der Waals surface area contributed by atoms with Gasteiger partial charge < -0.3 is 10.1 Å². The Balaban J connectivity index is 2.13. The maximum atomic E-state index is 12.5. The lowest BCUT2D eigenvalue weighted by Crippen LogP contribution is -2.28. The van der Waals surface area contributed by atoms with Gasteiger partial charge >= 0.3 is 6.09 Å². The van der Waals surface area contributed by atoms with Crippen LogP contribution in [0, 0.1) is 5.92 Å². The summed E-state index contributed by atoms with van der Waals surface area (Å²) < 4.78 is 5.23. The molecular weight excluding hydrogens is 268 g/mol. The molecule has 114 valence electrons. The van der Waals surface area contributed by atoms with Gasteiger partial charge in [-0.25, -0.2) is 4.79 Å². The van der Waals surface area contributed by atoms with E-state index in [4.69, 9.17) is 4.74 Å². The number of rotatable bonds is 3. The second-order valence-electron chi connectivity index (χ2n) is 6.23. The van der Waals surface area contributed by atoms with Crippen LogP contribution in [0.4, 0.5) is 10.5 Å². The number of ketones is 1. The number of hydrogen-bond acceptors (Lipinski definition) is 4. The van der Waals surface area contributed by atoms with Crippen molar-refractivity contribution in [2.75, 3.05) is 18.4 Å². The van der Waals surface area contributed by atoms with Gasteiger partial charge in [0.2, 0.25) is 0 Å². The van der Waals surface area contributed by atoms with Gasteiger partial charge in [0.05, 0.1) is 5.69 Å². The number of amides is 1. The second-order valence-corrected chi connectivity index (χ2v) is 6.23. The van der Waals surface area contributed by atoms with E-state index in [2.05, 4.69) is 10.6 Å². The third-order valence-corrected chi connectivity index (χ3v) is 3.26. The predicted octanol–water partition coefficient (Wildman–Crippen LogP) is 2.83. The average Bonchev–Trinajstić information content (AvgIpc) is 2.90. The van der Waals surface area contributed by atoms with Crippen molar-refractivity contribution in [2.24, 2.45) is 5.92 Å². The van der Waals surface area contributed by atoms with Gasteiger partial charge in [-0.1, -0.05) is 12.1 Å². The molecule has 2 rings (SSSR count). The van der Waals surface area contributed by atoms with Crippen LogP contribution in [0.25, 0.3) is 0 Å². The molecule has 1 aromatic rings. The van der Waals surface area contributed by atoms with Crippen LogP contribution in [0.5, 0.6) is 0 Å². The summed E-state index contributed by atoms with van der Waals surface area (Å²) in [5.74, 6) is 0.0400. The zero-order valence-corrected chi connectivity index (χ0v) is 12.7. The number of para-hydroxylation sites is 1. The number of carbonyl (C=O) groups excluding carboxylic acids is 2. The quantitative estimate of drug-likeness (QED) is 0.840. The van der Waals surface area contributed by atoms with Crippen LogP contribution in [0.1, 0.15) is 37.6 Å². The highest BCUT2D eigenvalue weighted by Gasteiger charge is 2.26. The van der Waals surface area contributed by atoms with Crippen LogP contribution in [-0.4, -0.2) is 30.6 Å². The van der Waals surface area contributed by atoms with E-state index in [1.54, 1.807) is 45.0 Å². The molecule has 0 saturated carbocycles. The maximum absolute atomic E-state index is 12.5. The van der Waals surface area contributed by atoms with Crippen LogP contribution in [0.15, 0.2) is 24.3 Å². The van der Waals surface area contributed by atoms with Gasteiger partial charge in [-0.3, -0.25) is 10.1 Å². The van der Waals surface area contributed by atoms with E-state index in [0.29, 0.717) is 17.8 Å². The standard InChI is InChI=1S/C16H22N2O3/c1-16(2,3)21-15(20)18-13-7-5-4-6-12(13)14(19)11-8-9-17-10-11/h4-7,11,17H,8-10H2,1-3H3,(H,18,20). The lowest BCUT2D eigenvalue weighted by Gasteiger charge is -2.20. The normalized spacial score (nSPS) is 18.3. The average molecular weight is 290 g/mol. The molecule has 5 heteroatoms. The number of Topliss-reactive ketones (excluding diaryl/α,β-unsaturated/α-hetero) is 1. The Morgan fingerprint density at radius 1 is 1.29 bits per heavy atom. The van der Waals surface area contributed by atoms with Crippen LogP contribution in [0.3, 0.4) is 0 Å². The zero-order valence-electron chi connectivity index (χ0n) is 12.7. The molecule has 0 spiro atoms. The molecule has 1 heterocycles. The zero-order chi connectivity index (χ0) is 15.5. The van der Waals surface area contributed by atoms with Crippen LogP contribution < -0.4 is 10.6 Å². The van der Waals surface area contributed by atoms with E-state index in [-0.39, 0.29) is 11.7 Å². The first-order valence-electron chi connectivity index (χ1n) is 7.21. The number of benzene rings is 1. The smallest absolute Gasteiger partial charge is 0.412 e. The van der Waals surface area contributed by atoms with Gasteiger partial charge in [-0.15, -0.1) is 0 Å². The summed E-state index contributed by atoms with van der Waals surface area (Å²) in [5.41, 5.74) is 0.471. The Labute approximate surface area is 125 Å². The highest BCUT2D eigenvalue weighted by Crippen LogP contribution is 2.22. The summed E-state index contributed by atoms with van der Waals surface area (Å²) in [4.78, 5) is 24.4. The van der Waals surface area contributed by atoms with E-state index < -0.39 is 11.7 Å². The van der Waals surface area contributed by atoms with Crippen molar-refractivity contribution >= 4 is 17.6 Å². The number of anilines is 1. The van der Waals surface area contributed by atoms with E-state index in [1.165, 1.54) is 0 Å². The minimum absolute atomic E-state index is 0.0217. The third kappa shape index (κ3) is 4.29. The van der Waals surface area contributed by atoms with Crippen molar-refractivity contribution in [3.63, 3.8) is 0 Å². The maximum Gasteiger partial charge on any atom is 0.412 e. The van der Waals surface area contributed by atoms with Gasteiger partial charge in [0, 0.05) is 18.0 Å². The Kier molecular flexibility index (Phi) is 4.63. The molecule has 1 aromatic carbocycles. The van der Waals surface area contributed by atoms with Gasteiger partial charge in [-0.05, 0) is 45.9 Å². The van der Waals surface area contributed by atoms with Gasteiger partial charge in [0.1, 0.15) is 5.60 Å². The Hall–Kier alpha value is -1.88. The Morgan fingerprint density at radius 2 is 2.00 bits per heavy atom. The molecule has 0 radical (unpaired) electrons. The summed E-state index contributed by atoms with van der Waals surface area (Å²) in [6.07, 6.45) is 0.284. The van der Waals surface area contributed by atoms with Crippen molar-refractivity contribution in [1.82, 2.24) is 5.32 Å². The van der Waals surface area contributed by atoms with E-state index in [0.717, 1.165) is 13.0 Å². The molecule has 5 nitrogen and oxygen atoms in total. The molecule has 1 atom stereocenters. The van der Waals surface area contributed by atoms with Crippen molar-refractivity contribution in [2.45, 2.75) is 32.8 Å². The summed E-state index contributed by atoms with van der Waals surface area (Å²) in [5, 5.41) is 5.85. The van der Waals surface area contributed by atoms with Gasteiger partial charge in [-0.2, -0.15) is 0 Å². The SMILES string of the molecule is CC(C)(C)OC(=O)Nc1ccccc1C(=O)C1CCNC1. The molecule has 1 aliphatic heterocycles. The first-order valence-corrected chi connectivity index (χ1v) is 7.21. The third-order valence-electron chi connectivity index (χ3n) is 3.26. The minimum atomic E-state index is -0.571. The number of hydrogen-bond donors (Lipinski definition) is 2. The molecule has 1 saturated heterocycles. The Bertz CT molecular complexity index is 529. The molecule has 0 aromatic heterocycles. The molecule has 0 bridgehead atoms. The monoisotopic (exact) mass is 290 g/mol. The molecule has 1 fully saturated rings. The van der Waals surface area contributed by atoms with Crippen LogP contribution in [-0.2, 0) is 4.74 Å². The lowest BCUT2D eigenvalue weighted by atomic mass is 9.96. The minimum Gasteiger partial charge on any atom is -0.444 e. The van der Waals surface area contributed by atoms with E-state index in [9.17, 15) is 9.59 Å². The van der Waals surface area contributed by atoms with Crippen LogP contribution in [0.2, 0.25) is 0 Å². The van der Waals surface area contributed by atoms with E-state index in [1.807, 2.05) is 0 Å². The molecule has 1 unspecified atom stereocenters.